The Morgan fingerprint density at radius 1 is 1.56 bits per heavy atom. The number of rotatable bonds is 3. The van der Waals surface area contributed by atoms with Crippen LogP contribution in [0.25, 0.3) is 0 Å². The van der Waals surface area contributed by atoms with Gasteiger partial charge in [0.25, 0.3) is 0 Å². The predicted molar refractivity (Wildman–Crippen MR) is 66.2 cm³/mol. The first-order chi connectivity index (χ1) is 7.65. The molecule has 0 spiro atoms. The summed E-state index contributed by atoms with van der Waals surface area (Å²) in [7, 11) is 0. The van der Waals surface area contributed by atoms with E-state index < -0.39 is 0 Å². The molecule has 2 atom stereocenters. The lowest BCUT2D eigenvalue weighted by molar-refractivity contribution is 0.0276. The first-order valence-electron chi connectivity index (χ1n) is 5.73. The molecule has 2 heterocycles. The standard InChI is InChI=1S/C11H18BrN3O/c1-9-2-3-14(8-11(9)16)4-5-15-7-10(12)6-13-15/h6-7,9,11,16H,2-5,8H2,1H3. The highest BCUT2D eigenvalue weighted by atomic mass is 79.9. The lowest BCUT2D eigenvalue weighted by Crippen LogP contribution is -2.43. The predicted octanol–water partition coefficient (Wildman–Crippen LogP) is 1.35. The van der Waals surface area contributed by atoms with Crippen LogP contribution < -0.4 is 0 Å². The molecule has 1 aliphatic heterocycles. The van der Waals surface area contributed by atoms with Crippen LogP contribution in [0.1, 0.15) is 13.3 Å². The molecule has 1 aromatic rings. The van der Waals surface area contributed by atoms with Gasteiger partial charge in [-0.3, -0.25) is 9.58 Å². The molecule has 0 aromatic carbocycles. The zero-order valence-corrected chi connectivity index (χ0v) is 11.1. The van der Waals surface area contributed by atoms with E-state index >= 15 is 0 Å². The molecular weight excluding hydrogens is 270 g/mol. The van der Waals surface area contributed by atoms with Crippen LogP contribution in [0, 0.1) is 5.92 Å². The number of nitrogens with zero attached hydrogens (tertiary/aromatic N) is 3. The zero-order chi connectivity index (χ0) is 11.5. The number of β-amino-alcohol motifs (C(OH)–C–C–N with tert-alkyl or cyclic N) is 1. The van der Waals surface area contributed by atoms with Gasteiger partial charge in [-0.2, -0.15) is 5.10 Å². The molecule has 1 saturated heterocycles. The fourth-order valence-corrected chi connectivity index (χ4v) is 2.35. The normalized spacial score (nSPS) is 27.2. The average Bonchev–Trinajstić information content (AvgIpc) is 2.66. The SMILES string of the molecule is CC1CCN(CCn2cc(Br)cn2)CC1O. The molecule has 5 heteroatoms. The maximum atomic E-state index is 9.78. The Morgan fingerprint density at radius 2 is 2.38 bits per heavy atom. The molecule has 1 fully saturated rings. The van der Waals surface area contributed by atoms with E-state index in [-0.39, 0.29) is 6.10 Å². The minimum absolute atomic E-state index is 0.168. The summed E-state index contributed by atoms with van der Waals surface area (Å²) in [5, 5.41) is 14.0. The number of aliphatic hydroxyl groups is 1. The first-order valence-corrected chi connectivity index (χ1v) is 6.53. The third-order valence-corrected chi connectivity index (χ3v) is 3.66. The van der Waals surface area contributed by atoms with Gasteiger partial charge in [0.1, 0.15) is 0 Å². The largest absolute Gasteiger partial charge is 0.392 e. The monoisotopic (exact) mass is 287 g/mol. The van der Waals surface area contributed by atoms with Gasteiger partial charge in [0.05, 0.1) is 23.3 Å². The Bertz CT molecular complexity index is 342. The molecule has 16 heavy (non-hydrogen) atoms. The van der Waals surface area contributed by atoms with Gasteiger partial charge in [0.15, 0.2) is 0 Å². The summed E-state index contributed by atoms with van der Waals surface area (Å²) < 4.78 is 2.94. The van der Waals surface area contributed by atoms with E-state index in [0.717, 1.165) is 37.1 Å². The van der Waals surface area contributed by atoms with Gasteiger partial charge >= 0.3 is 0 Å². The molecule has 1 N–H and O–H groups in total. The lowest BCUT2D eigenvalue weighted by atomic mass is 9.96. The van der Waals surface area contributed by atoms with Crippen molar-refractivity contribution < 1.29 is 5.11 Å². The fourth-order valence-electron chi connectivity index (χ4n) is 2.02. The van der Waals surface area contributed by atoms with E-state index in [1.807, 2.05) is 10.9 Å². The minimum Gasteiger partial charge on any atom is -0.392 e. The molecule has 2 unspecified atom stereocenters. The quantitative estimate of drug-likeness (QED) is 0.913. The van der Waals surface area contributed by atoms with Crippen LogP contribution in [0.4, 0.5) is 0 Å². The smallest absolute Gasteiger partial charge is 0.0693 e. The lowest BCUT2D eigenvalue weighted by Gasteiger charge is -2.34. The molecule has 2 rings (SSSR count). The summed E-state index contributed by atoms with van der Waals surface area (Å²) in [6, 6.07) is 0. The highest BCUT2D eigenvalue weighted by molar-refractivity contribution is 9.10. The van der Waals surface area contributed by atoms with Gasteiger partial charge < -0.3 is 5.11 Å². The number of aliphatic hydroxyl groups excluding tert-OH is 1. The number of piperidine rings is 1. The van der Waals surface area contributed by atoms with E-state index in [9.17, 15) is 5.11 Å². The molecule has 0 saturated carbocycles. The number of hydrogen-bond acceptors (Lipinski definition) is 3. The number of hydrogen-bond donors (Lipinski definition) is 1. The van der Waals surface area contributed by atoms with E-state index in [2.05, 4.69) is 32.9 Å². The Labute approximate surface area is 104 Å². The van der Waals surface area contributed by atoms with E-state index in [4.69, 9.17) is 0 Å². The van der Waals surface area contributed by atoms with Crippen LogP contribution in [-0.4, -0.2) is 45.5 Å². The molecule has 1 aliphatic rings. The summed E-state index contributed by atoms with van der Waals surface area (Å²) >= 11 is 3.38. The van der Waals surface area contributed by atoms with Crippen LogP contribution in [0.15, 0.2) is 16.9 Å². The highest BCUT2D eigenvalue weighted by Crippen LogP contribution is 2.16. The second-order valence-corrected chi connectivity index (χ2v) is 5.47. The summed E-state index contributed by atoms with van der Waals surface area (Å²) in [6.45, 7) is 5.83. The van der Waals surface area contributed by atoms with Crippen molar-refractivity contribution in [2.75, 3.05) is 19.6 Å². The number of halogens is 1. The van der Waals surface area contributed by atoms with Crippen molar-refractivity contribution >= 4 is 15.9 Å². The molecule has 0 radical (unpaired) electrons. The second kappa shape index (κ2) is 5.29. The van der Waals surface area contributed by atoms with Crippen LogP contribution in [0.5, 0.6) is 0 Å². The third kappa shape index (κ3) is 3.06. The van der Waals surface area contributed by atoms with Crippen molar-refractivity contribution in [3.8, 4) is 0 Å². The van der Waals surface area contributed by atoms with Gasteiger partial charge in [0, 0.05) is 19.3 Å². The number of likely N-dealkylation sites (tertiary alicyclic amines) is 1. The van der Waals surface area contributed by atoms with Crippen LogP contribution in [0.2, 0.25) is 0 Å². The van der Waals surface area contributed by atoms with Crippen LogP contribution in [-0.2, 0) is 6.54 Å². The maximum absolute atomic E-state index is 9.78. The molecule has 4 nitrogen and oxygen atoms in total. The zero-order valence-electron chi connectivity index (χ0n) is 9.51. The van der Waals surface area contributed by atoms with E-state index in [0.29, 0.717) is 5.92 Å². The molecule has 1 aromatic heterocycles. The second-order valence-electron chi connectivity index (χ2n) is 4.56. The molecule has 90 valence electrons. The van der Waals surface area contributed by atoms with Crippen molar-refractivity contribution in [3.05, 3.63) is 16.9 Å². The van der Waals surface area contributed by atoms with Gasteiger partial charge in [-0.1, -0.05) is 6.92 Å². The van der Waals surface area contributed by atoms with Gasteiger partial charge in [0.2, 0.25) is 0 Å². The van der Waals surface area contributed by atoms with E-state index in [1.54, 1.807) is 6.20 Å². The average molecular weight is 288 g/mol. The summed E-state index contributed by atoms with van der Waals surface area (Å²) in [6.07, 6.45) is 4.69. The van der Waals surface area contributed by atoms with Crippen LogP contribution >= 0.6 is 15.9 Å². The summed E-state index contributed by atoms with van der Waals surface area (Å²) in [5.41, 5.74) is 0. The van der Waals surface area contributed by atoms with Crippen LogP contribution in [0.3, 0.4) is 0 Å². The Morgan fingerprint density at radius 3 is 3.00 bits per heavy atom. The van der Waals surface area contributed by atoms with Gasteiger partial charge in [-0.15, -0.1) is 0 Å². The first kappa shape index (κ1) is 12.1. The fraction of sp³-hybridized carbons (Fsp3) is 0.727. The Hall–Kier alpha value is -0.390. The maximum Gasteiger partial charge on any atom is 0.0693 e. The van der Waals surface area contributed by atoms with Crippen molar-refractivity contribution in [1.82, 2.24) is 14.7 Å². The third-order valence-electron chi connectivity index (χ3n) is 3.25. The van der Waals surface area contributed by atoms with Crippen molar-refractivity contribution in [3.63, 3.8) is 0 Å². The Kier molecular flexibility index (Phi) is 4.00. The van der Waals surface area contributed by atoms with Crippen molar-refractivity contribution in [1.29, 1.82) is 0 Å². The minimum atomic E-state index is -0.168. The molecule has 0 amide bonds. The highest BCUT2D eigenvalue weighted by Gasteiger charge is 2.23. The molecule has 0 aliphatic carbocycles. The summed E-state index contributed by atoms with van der Waals surface area (Å²) in [4.78, 5) is 2.31. The van der Waals surface area contributed by atoms with Crippen molar-refractivity contribution in [2.45, 2.75) is 26.0 Å². The number of aromatic nitrogens is 2. The Balaban J connectivity index is 1.78. The van der Waals surface area contributed by atoms with Gasteiger partial charge in [-0.25, -0.2) is 0 Å². The molecular formula is C11H18BrN3O. The van der Waals surface area contributed by atoms with E-state index in [1.165, 1.54) is 0 Å². The topological polar surface area (TPSA) is 41.3 Å². The van der Waals surface area contributed by atoms with Crippen molar-refractivity contribution in [2.24, 2.45) is 5.92 Å². The van der Waals surface area contributed by atoms with Gasteiger partial charge in [-0.05, 0) is 34.8 Å². The molecule has 0 bridgehead atoms. The summed E-state index contributed by atoms with van der Waals surface area (Å²) in [5.74, 6) is 0.440.